The van der Waals surface area contributed by atoms with E-state index in [1.165, 1.54) is 25.1 Å². The largest absolute Gasteiger partial charge is 0.445 e. The summed E-state index contributed by atoms with van der Waals surface area (Å²) in [5.41, 5.74) is -6.52. The minimum Gasteiger partial charge on any atom is -0.445 e. The van der Waals surface area contributed by atoms with Crippen molar-refractivity contribution >= 4 is 40.2 Å². The number of nitrogens with zero attached hydrogens (tertiary/aromatic N) is 1. The zero-order chi connectivity index (χ0) is 27.8. The maximum Gasteiger partial charge on any atom is 0.351 e. The summed E-state index contributed by atoms with van der Waals surface area (Å²) in [6.07, 6.45) is -0.0248. The molecule has 0 aromatic carbocycles. The Balaban J connectivity index is 1.63. The molecule has 5 rings (SSSR count). The monoisotopic (exact) mass is 569 g/mol. The van der Waals surface area contributed by atoms with Gasteiger partial charge in [0.15, 0.2) is 17.1 Å². The number of rotatable bonds is 4. The number of aromatic nitrogens is 1. The number of hydrogen-bond donors (Lipinski definition) is 1. The van der Waals surface area contributed by atoms with Gasteiger partial charge in [-0.25, -0.2) is 18.0 Å². The third-order valence-electron chi connectivity index (χ3n) is 9.74. The first-order valence-electron chi connectivity index (χ1n) is 12.6. The summed E-state index contributed by atoms with van der Waals surface area (Å²) in [5.74, 6) is -3.63. The average Bonchev–Trinajstić information content (AvgIpc) is 3.38. The van der Waals surface area contributed by atoms with Crippen LogP contribution in [0.3, 0.4) is 0 Å². The molecule has 4 aliphatic rings. The Kier molecular flexibility index (Phi) is 6.55. The van der Waals surface area contributed by atoms with Crippen LogP contribution in [-0.2, 0) is 14.3 Å². The number of ketones is 1. The molecule has 0 unspecified atom stereocenters. The number of ether oxygens (including phenoxy) is 1. The SMILES string of the molecule is Cc1cc(C(=O)O[C@]2(C(=O)SCF)[C@H](C)C[C@H]3[C@@H]4C[C@H](F)C5=CC(=O)C=C[C@]5(C)[C@@]4(F)[C@@H](O)C[C@@]32C)sn1. The van der Waals surface area contributed by atoms with E-state index in [4.69, 9.17) is 4.74 Å². The second kappa shape index (κ2) is 9.02. The number of aryl methyl sites for hydroxylation is 1. The molecule has 4 aliphatic carbocycles. The molecule has 1 N–H and O–H groups in total. The van der Waals surface area contributed by atoms with Crippen LogP contribution >= 0.6 is 23.3 Å². The number of allylic oxidation sites excluding steroid dienone is 4. The van der Waals surface area contributed by atoms with Crippen LogP contribution in [0.4, 0.5) is 13.2 Å². The molecule has 0 bridgehead atoms. The van der Waals surface area contributed by atoms with Crippen molar-refractivity contribution in [2.24, 2.45) is 28.6 Å². The molecule has 3 saturated carbocycles. The fraction of sp³-hybridized carbons (Fsp3) is 0.630. The summed E-state index contributed by atoms with van der Waals surface area (Å²) in [6, 6.07) is 0.470. The van der Waals surface area contributed by atoms with E-state index in [9.17, 15) is 23.9 Å². The van der Waals surface area contributed by atoms with Gasteiger partial charge in [-0.05, 0) is 86.1 Å². The number of esters is 1. The van der Waals surface area contributed by atoms with Crippen LogP contribution in [0.2, 0.25) is 0 Å². The Morgan fingerprint density at radius 2 is 2.00 bits per heavy atom. The maximum atomic E-state index is 17.4. The number of thioether (sulfide) groups is 1. The van der Waals surface area contributed by atoms with E-state index in [1.807, 2.05) is 0 Å². The van der Waals surface area contributed by atoms with Crippen LogP contribution in [0.25, 0.3) is 0 Å². The Morgan fingerprint density at radius 1 is 1.29 bits per heavy atom. The van der Waals surface area contributed by atoms with Crippen molar-refractivity contribution < 1.29 is 37.4 Å². The number of hydrogen-bond acceptors (Lipinski definition) is 8. The van der Waals surface area contributed by atoms with Crippen LogP contribution < -0.4 is 0 Å². The van der Waals surface area contributed by atoms with Gasteiger partial charge in [-0.15, -0.1) is 0 Å². The quantitative estimate of drug-likeness (QED) is 0.505. The van der Waals surface area contributed by atoms with Crippen molar-refractivity contribution in [3.63, 3.8) is 0 Å². The molecule has 1 aromatic heterocycles. The lowest BCUT2D eigenvalue weighted by Crippen LogP contribution is -2.70. The minimum absolute atomic E-state index is 0.000217. The number of alkyl halides is 3. The summed E-state index contributed by atoms with van der Waals surface area (Å²) in [4.78, 5) is 39.2. The normalized spacial score (nSPS) is 43.6. The lowest BCUT2D eigenvalue weighted by Gasteiger charge is -2.63. The fourth-order valence-corrected chi connectivity index (χ4v) is 9.45. The molecular weight excluding hydrogens is 539 g/mol. The van der Waals surface area contributed by atoms with Crippen LogP contribution in [0, 0.1) is 35.5 Å². The van der Waals surface area contributed by atoms with E-state index in [-0.39, 0.29) is 29.7 Å². The van der Waals surface area contributed by atoms with E-state index < -0.39 is 75.0 Å². The Bertz CT molecular complexity index is 1270. The second-order valence-corrected chi connectivity index (χ2v) is 13.2. The Labute approximate surface area is 227 Å². The molecule has 0 spiro atoms. The number of carbonyl (C=O) groups excluding carboxylic acids is 3. The van der Waals surface area contributed by atoms with Gasteiger partial charge in [0.1, 0.15) is 17.1 Å². The zero-order valence-electron chi connectivity index (χ0n) is 21.5. The third kappa shape index (κ3) is 3.43. The summed E-state index contributed by atoms with van der Waals surface area (Å²) < 4.78 is 56.7. The van der Waals surface area contributed by atoms with E-state index in [0.717, 1.165) is 17.6 Å². The topological polar surface area (TPSA) is 93.6 Å². The first-order chi connectivity index (χ1) is 17.8. The summed E-state index contributed by atoms with van der Waals surface area (Å²) >= 11 is 1.28. The second-order valence-electron chi connectivity index (χ2n) is 11.5. The molecule has 0 saturated heterocycles. The molecule has 0 aliphatic heterocycles. The van der Waals surface area contributed by atoms with Crippen LogP contribution in [0.1, 0.15) is 55.4 Å². The number of aliphatic hydroxyl groups excluding tert-OH is 1. The molecule has 38 heavy (non-hydrogen) atoms. The Hall–Kier alpha value is -1.98. The lowest BCUT2D eigenvalue weighted by atomic mass is 9.44. The predicted octanol–water partition coefficient (Wildman–Crippen LogP) is 5.10. The highest BCUT2D eigenvalue weighted by molar-refractivity contribution is 8.13. The van der Waals surface area contributed by atoms with Gasteiger partial charge in [-0.1, -0.05) is 19.9 Å². The van der Waals surface area contributed by atoms with Crippen molar-refractivity contribution in [3.05, 3.63) is 40.4 Å². The highest BCUT2D eigenvalue weighted by atomic mass is 32.2. The smallest absolute Gasteiger partial charge is 0.351 e. The van der Waals surface area contributed by atoms with Gasteiger partial charge in [-0.2, -0.15) is 4.37 Å². The third-order valence-corrected chi connectivity index (χ3v) is 11.3. The summed E-state index contributed by atoms with van der Waals surface area (Å²) in [6.45, 7) is 6.55. The van der Waals surface area contributed by atoms with Crippen LogP contribution in [0.15, 0.2) is 29.9 Å². The molecule has 11 heteroatoms. The average molecular weight is 570 g/mol. The van der Waals surface area contributed by atoms with Crippen molar-refractivity contribution in [1.82, 2.24) is 4.37 Å². The van der Waals surface area contributed by atoms with Gasteiger partial charge in [0.25, 0.3) is 0 Å². The molecule has 0 amide bonds. The van der Waals surface area contributed by atoms with Gasteiger partial charge in [-0.3, -0.25) is 9.59 Å². The number of halogens is 3. The van der Waals surface area contributed by atoms with Crippen LogP contribution in [0.5, 0.6) is 0 Å². The van der Waals surface area contributed by atoms with E-state index in [0.29, 0.717) is 17.5 Å². The van der Waals surface area contributed by atoms with Gasteiger partial charge in [0.2, 0.25) is 5.12 Å². The van der Waals surface area contributed by atoms with E-state index >= 15 is 8.78 Å². The van der Waals surface area contributed by atoms with Gasteiger partial charge in [0, 0.05) is 22.7 Å². The highest BCUT2D eigenvalue weighted by Gasteiger charge is 2.78. The molecule has 206 valence electrons. The van der Waals surface area contributed by atoms with Crippen molar-refractivity contribution in [2.45, 2.75) is 70.5 Å². The predicted molar refractivity (Wildman–Crippen MR) is 137 cm³/mol. The van der Waals surface area contributed by atoms with Gasteiger partial charge >= 0.3 is 5.97 Å². The standard InChI is InChI=1S/C27H30F3NO5S2/c1-13-7-16-17-10-19(29)18-9-15(32)5-6-24(18,3)26(17,30)21(33)11-25(16,4)27(13,23(35)37-12-28)36-22(34)20-8-14(2)31-38-20/h5-6,8-9,13,16-17,19,21,33H,7,10-12H2,1-4H3/t13-,16+,17+,19+,21+,24+,25+,26+,27+/m1/s1. The lowest BCUT2D eigenvalue weighted by molar-refractivity contribution is -0.221. The number of fused-ring (bicyclic) bond motifs is 5. The van der Waals surface area contributed by atoms with Gasteiger partial charge < -0.3 is 9.84 Å². The first-order valence-corrected chi connectivity index (χ1v) is 14.4. The number of aliphatic hydroxyl groups is 1. The first kappa shape index (κ1) is 27.6. The van der Waals surface area contributed by atoms with Crippen molar-refractivity contribution in [3.8, 4) is 0 Å². The number of carbonyl (C=O) groups is 3. The molecular formula is C27H30F3NO5S2. The molecule has 1 aromatic rings. The summed E-state index contributed by atoms with van der Waals surface area (Å²) in [7, 11) is 0. The highest BCUT2D eigenvalue weighted by Crippen LogP contribution is 2.72. The van der Waals surface area contributed by atoms with Crippen LogP contribution in [-0.4, -0.2) is 55.9 Å². The molecule has 3 fully saturated rings. The van der Waals surface area contributed by atoms with Crippen molar-refractivity contribution in [2.75, 3.05) is 6.01 Å². The Morgan fingerprint density at radius 3 is 2.63 bits per heavy atom. The zero-order valence-corrected chi connectivity index (χ0v) is 23.1. The minimum atomic E-state index is -2.34. The van der Waals surface area contributed by atoms with Crippen molar-refractivity contribution in [1.29, 1.82) is 0 Å². The molecule has 9 atom stereocenters. The van der Waals surface area contributed by atoms with E-state index in [1.54, 1.807) is 20.8 Å². The maximum absolute atomic E-state index is 17.4. The molecule has 0 radical (unpaired) electrons. The molecule has 1 heterocycles. The fourth-order valence-electron chi connectivity index (χ4n) is 8.03. The van der Waals surface area contributed by atoms with E-state index in [2.05, 4.69) is 4.37 Å². The summed E-state index contributed by atoms with van der Waals surface area (Å²) in [5, 5.41) is 10.8. The van der Waals surface area contributed by atoms with Gasteiger partial charge in [0.05, 0.1) is 11.8 Å². The molecule has 6 nitrogen and oxygen atoms in total.